The summed E-state index contributed by atoms with van der Waals surface area (Å²) in [6.45, 7) is 5.16. The van der Waals surface area contributed by atoms with E-state index in [4.69, 9.17) is 10.2 Å². The summed E-state index contributed by atoms with van der Waals surface area (Å²) in [5, 5.41) is 32.0. The predicted molar refractivity (Wildman–Crippen MR) is 74.2 cm³/mol. The van der Waals surface area contributed by atoms with Crippen LogP contribution in [-0.2, 0) is 0 Å². The topological polar surface area (TPSA) is 113 Å². The second kappa shape index (κ2) is 5.87. The molecular formula is C13H18N2O5. The molecule has 0 bridgehead atoms. The first-order valence-electron chi connectivity index (χ1n) is 6.09. The van der Waals surface area contributed by atoms with Crippen LogP contribution in [-0.4, -0.2) is 33.3 Å². The number of hydrogen-bond donors (Lipinski definition) is 3. The highest BCUT2D eigenvalue weighted by atomic mass is 16.6. The zero-order valence-corrected chi connectivity index (χ0v) is 11.6. The van der Waals surface area contributed by atoms with Gasteiger partial charge in [0, 0.05) is 29.5 Å². The van der Waals surface area contributed by atoms with Crippen molar-refractivity contribution in [2.75, 3.05) is 11.9 Å². The van der Waals surface area contributed by atoms with E-state index in [1.807, 2.05) is 13.8 Å². The molecule has 7 nitrogen and oxygen atoms in total. The molecule has 0 aliphatic heterocycles. The van der Waals surface area contributed by atoms with Crippen LogP contribution in [0.15, 0.2) is 12.1 Å². The first-order chi connectivity index (χ1) is 9.18. The molecule has 20 heavy (non-hydrogen) atoms. The lowest BCUT2D eigenvalue weighted by Gasteiger charge is -2.27. The Kier molecular flexibility index (Phi) is 4.67. The molecule has 0 saturated carbocycles. The summed E-state index contributed by atoms with van der Waals surface area (Å²) in [5.41, 5.74) is -0.150. The van der Waals surface area contributed by atoms with E-state index in [-0.39, 0.29) is 17.9 Å². The van der Waals surface area contributed by atoms with Crippen molar-refractivity contribution < 1.29 is 19.9 Å². The summed E-state index contributed by atoms with van der Waals surface area (Å²) >= 11 is 0. The van der Waals surface area contributed by atoms with Gasteiger partial charge in [-0.25, -0.2) is 4.79 Å². The number of benzene rings is 1. The number of aliphatic hydroxyl groups is 1. The molecule has 0 aliphatic carbocycles. The highest BCUT2D eigenvalue weighted by molar-refractivity contribution is 5.90. The summed E-state index contributed by atoms with van der Waals surface area (Å²) in [5.74, 6) is -1.23. The van der Waals surface area contributed by atoms with Crippen molar-refractivity contribution >= 4 is 17.3 Å². The maximum absolute atomic E-state index is 11.0. The van der Waals surface area contributed by atoms with E-state index in [0.717, 1.165) is 6.07 Å². The number of nitro groups is 1. The molecule has 0 atom stereocenters. The molecule has 7 heteroatoms. The third-order valence-electron chi connectivity index (χ3n) is 3.03. The van der Waals surface area contributed by atoms with Gasteiger partial charge in [-0.3, -0.25) is 10.1 Å². The summed E-state index contributed by atoms with van der Waals surface area (Å²) in [6.07, 6.45) is 0.428. The van der Waals surface area contributed by atoms with Crippen molar-refractivity contribution in [2.45, 2.75) is 32.7 Å². The highest BCUT2D eigenvalue weighted by Gasteiger charge is 2.23. The molecule has 110 valence electrons. The molecule has 1 rings (SSSR count). The van der Waals surface area contributed by atoms with Crippen molar-refractivity contribution in [2.24, 2.45) is 0 Å². The fourth-order valence-corrected chi connectivity index (χ4v) is 1.85. The molecule has 0 aromatic heterocycles. The lowest BCUT2D eigenvalue weighted by molar-refractivity contribution is -0.385. The number of carboxylic acids is 1. The fourth-order valence-electron chi connectivity index (χ4n) is 1.85. The number of aliphatic hydroxyl groups excluding tert-OH is 1. The van der Waals surface area contributed by atoms with E-state index in [1.165, 1.54) is 6.07 Å². The first-order valence-corrected chi connectivity index (χ1v) is 6.09. The maximum Gasteiger partial charge on any atom is 0.336 e. The quantitative estimate of drug-likeness (QED) is 0.544. The second-order valence-corrected chi connectivity index (χ2v) is 5.21. The molecule has 0 spiro atoms. The molecule has 0 aliphatic rings. The van der Waals surface area contributed by atoms with Gasteiger partial charge in [-0.05, 0) is 33.3 Å². The normalized spacial score (nSPS) is 11.2. The van der Waals surface area contributed by atoms with Crippen LogP contribution in [0.5, 0.6) is 0 Å². The van der Waals surface area contributed by atoms with E-state index in [0.29, 0.717) is 17.7 Å². The smallest absolute Gasteiger partial charge is 0.336 e. The van der Waals surface area contributed by atoms with Crippen LogP contribution in [0.3, 0.4) is 0 Å². The molecule has 1 aromatic rings. The molecule has 0 unspecified atom stereocenters. The number of aromatic carboxylic acids is 1. The van der Waals surface area contributed by atoms with Crippen LogP contribution in [0, 0.1) is 17.0 Å². The molecule has 3 N–H and O–H groups in total. The number of anilines is 1. The van der Waals surface area contributed by atoms with Gasteiger partial charge in [-0.15, -0.1) is 0 Å². The lowest BCUT2D eigenvalue weighted by Crippen LogP contribution is -2.32. The van der Waals surface area contributed by atoms with Gasteiger partial charge in [0.25, 0.3) is 5.69 Å². The van der Waals surface area contributed by atoms with Crippen LogP contribution in [0.4, 0.5) is 11.4 Å². The van der Waals surface area contributed by atoms with Gasteiger partial charge in [0.2, 0.25) is 0 Å². The monoisotopic (exact) mass is 282 g/mol. The minimum Gasteiger partial charge on any atom is -0.478 e. The maximum atomic E-state index is 11.0. The summed E-state index contributed by atoms with van der Waals surface area (Å²) < 4.78 is 0. The highest BCUT2D eigenvalue weighted by Crippen LogP contribution is 2.30. The SMILES string of the molecule is Cc1c(NC(C)(C)CCO)cc(C(=O)O)cc1[N+](=O)[O-]. The lowest BCUT2D eigenvalue weighted by atomic mass is 9.98. The number of nitrogens with zero attached hydrogens (tertiary/aromatic N) is 1. The van der Waals surface area contributed by atoms with Crippen molar-refractivity contribution in [3.63, 3.8) is 0 Å². The molecule has 0 amide bonds. The minimum absolute atomic E-state index is 0.0419. The third-order valence-corrected chi connectivity index (χ3v) is 3.03. The Morgan fingerprint density at radius 2 is 2.05 bits per heavy atom. The van der Waals surface area contributed by atoms with Crippen LogP contribution in [0.1, 0.15) is 36.2 Å². The van der Waals surface area contributed by atoms with E-state index in [9.17, 15) is 14.9 Å². The van der Waals surface area contributed by atoms with E-state index in [1.54, 1.807) is 6.92 Å². The molecule has 0 radical (unpaired) electrons. The molecular weight excluding hydrogens is 264 g/mol. The van der Waals surface area contributed by atoms with Gasteiger partial charge >= 0.3 is 5.97 Å². The van der Waals surface area contributed by atoms with Crippen LogP contribution < -0.4 is 5.32 Å². The van der Waals surface area contributed by atoms with Gasteiger partial charge < -0.3 is 15.5 Å². The Hall–Kier alpha value is -2.15. The van der Waals surface area contributed by atoms with Gasteiger partial charge in [0.1, 0.15) is 0 Å². The molecule has 0 heterocycles. The number of carboxylic acid groups (broad SMARTS) is 1. The average molecular weight is 282 g/mol. The minimum atomic E-state index is -1.23. The van der Waals surface area contributed by atoms with Gasteiger partial charge in [-0.1, -0.05) is 0 Å². The van der Waals surface area contributed by atoms with Gasteiger partial charge in [0.15, 0.2) is 0 Å². The van der Waals surface area contributed by atoms with E-state index >= 15 is 0 Å². The Labute approximate surface area is 116 Å². The first kappa shape index (κ1) is 15.9. The standard InChI is InChI=1S/C13H18N2O5/c1-8-10(14-13(2,3)4-5-16)6-9(12(17)18)7-11(8)15(19)20/h6-7,14,16H,4-5H2,1-3H3,(H,17,18). The van der Waals surface area contributed by atoms with Crippen LogP contribution >= 0.6 is 0 Å². The van der Waals surface area contributed by atoms with E-state index in [2.05, 4.69) is 5.32 Å². The van der Waals surface area contributed by atoms with Gasteiger partial charge in [-0.2, -0.15) is 0 Å². The Balaban J connectivity index is 3.31. The van der Waals surface area contributed by atoms with E-state index < -0.39 is 16.4 Å². The number of nitrogens with one attached hydrogen (secondary N) is 1. The Morgan fingerprint density at radius 3 is 2.50 bits per heavy atom. The number of nitro benzene ring substituents is 1. The van der Waals surface area contributed by atoms with Gasteiger partial charge in [0.05, 0.1) is 10.5 Å². The van der Waals surface area contributed by atoms with Crippen molar-refractivity contribution in [1.82, 2.24) is 0 Å². The second-order valence-electron chi connectivity index (χ2n) is 5.21. The average Bonchev–Trinajstić information content (AvgIpc) is 2.30. The number of carbonyl (C=O) groups is 1. The predicted octanol–water partition coefficient (Wildman–Crippen LogP) is 2.17. The van der Waals surface area contributed by atoms with Crippen LogP contribution in [0.25, 0.3) is 0 Å². The summed E-state index contributed by atoms with van der Waals surface area (Å²) in [7, 11) is 0. The van der Waals surface area contributed by atoms with Crippen molar-refractivity contribution in [3.05, 3.63) is 33.4 Å². The zero-order chi connectivity index (χ0) is 15.5. The zero-order valence-electron chi connectivity index (χ0n) is 11.6. The summed E-state index contributed by atoms with van der Waals surface area (Å²) in [4.78, 5) is 21.4. The molecule has 1 aromatic carbocycles. The van der Waals surface area contributed by atoms with Crippen LogP contribution in [0.2, 0.25) is 0 Å². The number of hydrogen-bond acceptors (Lipinski definition) is 5. The molecule has 0 fully saturated rings. The fraction of sp³-hybridized carbons (Fsp3) is 0.462. The largest absolute Gasteiger partial charge is 0.478 e. The Bertz CT molecular complexity index is 540. The van der Waals surface area contributed by atoms with Crippen molar-refractivity contribution in [3.8, 4) is 0 Å². The van der Waals surface area contributed by atoms with Crippen molar-refractivity contribution in [1.29, 1.82) is 0 Å². The molecule has 0 saturated heterocycles. The third kappa shape index (κ3) is 3.67. The summed E-state index contributed by atoms with van der Waals surface area (Å²) in [6, 6.07) is 2.41. The Morgan fingerprint density at radius 1 is 1.45 bits per heavy atom. The number of rotatable bonds is 6.